The number of aromatic nitrogens is 1. The molecule has 1 N–H and O–H groups in total. The minimum atomic E-state index is -1.30. The predicted octanol–water partition coefficient (Wildman–Crippen LogP) is 3.79. The second-order valence-corrected chi connectivity index (χ2v) is 8.91. The smallest absolute Gasteiger partial charge is 0.324 e. The van der Waals surface area contributed by atoms with Crippen LogP contribution in [0.15, 0.2) is 29.6 Å². The van der Waals surface area contributed by atoms with E-state index in [-0.39, 0.29) is 19.4 Å². The molecule has 31 heavy (non-hydrogen) atoms. The number of nitrogens with zero attached hydrogens (tertiary/aromatic N) is 1. The van der Waals surface area contributed by atoms with Crippen LogP contribution < -0.4 is 10.1 Å². The Balaban J connectivity index is 1.50. The largest absolute Gasteiger partial charge is 0.495 e. The predicted molar refractivity (Wildman–Crippen MR) is 114 cm³/mol. The van der Waals surface area contributed by atoms with Gasteiger partial charge in [0.25, 0.3) is 0 Å². The third-order valence-electron chi connectivity index (χ3n) is 5.64. The lowest BCUT2D eigenvalue weighted by atomic mass is 9.78. The molecule has 2 aliphatic heterocycles. The first-order valence-electron chi connectivity index (χ1n) is 10.3. The van der Waals surface area contributed by atoms with Crippen LogP contribution in [0, 0.1) is 5.41 Å². The molecule has 8 nitrogen and oxygen atoms in total. The Morgan fingerprint density at radius 1 is 1.29 bits per heavy atom. The lowest BCUT2D eigenvalue weighted by Gasteiger charge is -2.20. The lowest BCUT2D eigenvalue weighted by molar-refractivity contribution is -0.160. The molecule has 9 heteroatoms. The minimum Gasteiger partial charge on any atom is -0.495 e. The number of anilines is 2. The van der Waals surface area contributed by atoms with Crippen LogP contribution in [0.2, 0.25) is 0 Å². The average Bonchev–Trinajstić information content (AvgIpc) is 3.41. The van der Waals surface area contributed by atoms with E-state index in [9.17, 15) is 9.59 Å². The van der Waals surface area contributed by atoms with Gasteiger partial charge < -0.3 is 24.3 Å². The summed E-state index contributed by atoms with van der Waals surface area (Å²) in [5.41, 5.74) is -0.926. The van der Waals surface area contributed by atoms with Crippen molar-refractivity contribution >= 4 is 34.1 Å². The SMILES string of the molecule is CCCOC[C@@H]1C[C@@]2(C[C@](C)(c3csc(Nc4ccccc4OC)n3)OC2=O)C(=O)O1. The summed E-state index contributed by atoms with van der Waals surface area (Å²) in [5, 5.41) is 5.71. The third kappa shape index (κ3) is 3.99. The lowest BCUT2D eigenvalue weighted by Crippen LogP contribution is -2.32. The molecule has 0 amide bonds. The van der Waals surface area contributed by atoms with Gasteiger partial charge in [0.2, 0.25) is 0 Å². The Hall–Kier alpha value is -2.65. The van der Waals surface area contributed by atoms with Crippen molar-refractivity contribution in [1.82, 2.24) is 4.98 Å². The number of rotatable bonds is 8. The number of nitrogens with one attached hydrogen (secondary N) is 1. The van der Waals surface area contributed by atoms with E-state index >= 15 is 0 Å². The number of ether oxygens (including phenoxy) is 4. The van der Waals surface area contributed by atoms with Gasteiger partial charge in [0.05, 0.1) is 25.1 Å². The summed E-state index contributed by atoms with van der Waals surface area (Å²) in [6, 6.07) is 7.53. The van der Waals surface area contributed by atoms with Crippen LogP contribution >= 0.6 is 11.3 Å². The zero-order valence-electron chi connectivity index (χ0n) is 17.8. The molecule has 166 valence electrons. The van der Waals surface area contributed by atoms with Gasteiger partial charge in [-0.2, -0.15) is 0 Å². The Morgan fingerprint density at radius 3 is 2.87 bits per heavy atom. The molecule has 3 atom stereocenters. The van der Waals surface area contributed by atoms with Gasteiger partial charge in [-0.3, -0.25) is 9.59 Å². The van der Waals surface area contributed by atoms with Gasteiger partial charge in [0.1, 0.15) is 11.9 Å². The summed E-state index contributed by atoms with van der Waals surface area (Å²) in [6.45, 7) is 4.67. The second kappa shape index (κ2) is 8.47. The molecule has 2 fully saturated rings. The fourth-order valence-corrected chi connectivity index (χ4v) is 4.95. The van der Waals surface area contributed by atoms with Crippen LogP contribution in [0.25, 0.3) is 0 Å². The topological polar surface area (TPSA) is 96.0 Å². The fraction of sp³-hybridized carbons (Fsp3) is 0.500. The van der Waals surface area contributed by atoms with Gasteiger partial charge in [0.15, 0.2) is 16.1 Å². The number of cyclic esters (lactones) is 2. The van der Waals surface area contributed by atoms with Gasteiger partial charge in [0, 0.05) is 24.8 Å². The number of hydrogen-bond acceptors (Lipinski definition) is 9. The standard InChI is InChI=1S/C22H26N2O6S/c1-4-9-28-11-14-10-22(18(25)29-14)13-21(2,30-19(22)26)17-12-31-20(24-17)23-15-7-5-6-8-16(15)27-3/h5-8,12,14H,4,9-11,13H2,1-3H3,(H,23,24)/t14-,21+,22+/m0/s1. The van der Waals surface area contributed by atoms with Crippen LogP contribution in [0.1, 0.15) is 38.8 Å². The van der Waals surface area contributed by atoms with Crippen molar-refractivity contribution in [3.63, 3.8) is 0 Å². The highest BCUT2D eigenvalue weighted by molar-refractivity contribution is 7.13. The molecule has 4 rings (SSSR count). The van der Waals surface area contributed by atoms with Crippen molar-refractivity contribution in [2.75, 3.05) is 25.6 Å². The maximum Gasteiger partial charge on any atom is 0.324 e. The Labute approximate surface area is 184 Å². The van der Waals surface area contributed by atoms with Gasteiger partial charge in [-0.25, -0.2) is 4.98 Å². The molecule has 2 saturated heterocycles. The van der Waals surface area contributed by atoms with Crippen molar-refractivity contribution in [3.05, 3.63) is 35.3 Å². The minimum absolute atomic E-state index is 0.194. The first-order valence-corrected chi connectivity index (χ1v) is 11.2. The number of carbonyl (C=O) groups is 2. The maximum atomic E-state index is 12.8. The Morgan fingerprint density at radius 2 is 2.10 bits per heavy atom. The highest BCUT2D eigenvalue weighted by atomic mass is 32.1. The highest BCUT2D eigenvalue weighted by Gasteiger charge is 2.65. The van der Waals surface area contributed by atoms with Crippen molar-refractivity contribution < 1.29 is 28.5 Å². The van der Waals surface area contributed by atoms with E-state index in [0.29, 0.717) is 23.2 Å². The monoisotopic (exact) mass is 446 g/mol. The summed E-state index contributed by atoms with van der Waals surface area (Å²) in [4.78, 5) is 30.1. The molecule has 2 aliphatic rings. The molecular weight excluding hydrogens is 420 g/mol. The van der Waals surface area contributed by atoms with Gasteiger partial charge in [-0.1, -0.05) is 19.1 Å². The molecule has 1 aromatic heterocycles. The third-order valence-corrected chi connectivity index (χ3v) is 6.39. The van der Waals surface area contributed by atoms with Crippen LogP contribution in [0.4, 0.5) is 10.8 Å². The van der Waals surface area contributed by atoms with Crippen molar-refractivity contribution in [1.29, 1.82) is 0 Å². The number of esters is 2. The van der Waals surface area contributed by atoms with E-state index in [1.165, 1.54) is 11.3 Å². The van der Waals surface area contributed by atoms with Gasteiger partial charge in [-0.05, 0) is 25.5 Å². The van der Waals surface area contributed by atoms with E-state index in [1.54, 1.807) is 14.0 Å². The average molecular weight is 447 g/mol. The van der Waals surface area contributed by atoms with Crippen LogP contribution in [0.5, 0.6) is 5.75 Å². The maximum absolute atomic E-state index is 12.8. The van der Waals surface area contributed by atoms with E-state index in [2.05, 4.69) is 10.3 Å². The van der Waals surface area contributed by atoms with Crippen LogP contribution in [0.3, 0.4) is 0 Å². The first-order chi connectivity index (χ1) is 14.9. The molecule has 2 aromatic rings. The second-order valence-electron chi connectivity index (χ2n) is 8.05. The Kier molecular flexibility index (Phi) is 5.90. The Bertz CT molecular complexity index is 978. The van der Waals surface area contributed by atoms with Gasteiger partial charge >= 0.3 is 11.9 Å². The highest BCUT2D eigenvalue weighted by Crippen LogP contribution is 2.52. The number of hydrogen-bond donors (Lipinski definition) is 1. The molecule has 3 heterocycles. The zero-order valence-corrected chi connectivity index (χ0v) is 18.6. The normalized spacial score (nSPS) is 27.4. The quantitative estimate of drug-likeness (QED) is 0.372. The fourth-order valence-electron chi connectivity index (χ4n) is 4.11. The molecule has 0 unspecified atom stereocenters. The molecule has 0 aliphatic carbocycles. The zero-order chi connectivity index (χ0) is 22.1. The number of para-hydroxylation sites is 2. The van der Waals surface area contributed by atoms with Crippen molar-refractivity contribution in [2.24, 2.45) is 5.41 Å². The number of thiazole rings is 1. The van der Waals surface area contributed by atoms with E-state index < -0.39 is 29.1 Å². The molecule has 0 saturated carbocycles. The van der Waals surface area contributed by atoms with E-state index in [4.69, 9.17) is 18.9 Å². The van der Waals surface area contributed by atoms with Crippen molar-refractivity contribution in [3.8, 4) is 5.75 Å². The molecular formula is C22H26N2O6S. The molecule has 1 aromatic carbocycles. The number of methoxy groups -OCH3 is 1. The summed E-state index contributed by atoms with van der Waals surface area (Å²) in [7, 11) is 1.60. The number of carbonyl (C=O) groups excluding carboxylic acids is 2. The van der Waals surface area contributed by atoms with Crippen molar-refractivity contribution in [2.45, 2.75) is 44.8 Å². The first kappa shape index (κ1) is 21.6. The van der Waals surface area contributed by atoms with E-state index in [0.717, 1.165) is 12.1 Å². The van der Waals surface area contributed by atoms with Crippen LogP contribution in [-0.2, 0) is 29.4 Å². The van der Waals surface area contributed by atoms with Crippen LogP contribution in [-0.4, -0.2) is 43.4 Å². The summed E-state index contributed by atoms with van der Waals surface area (Å²) in [5.74, 6) is -0.388. The summed E-state index contributed by atoms with van der Waals surface area (Å²) >= 11 is 1.39. The summed E-state index contributed by atoms with van der Waals surface area (Å²) < 4.78 is 22.1. The molecule has 1 spiro atoms. The summed E-state index contributed by atoms with van der Waals surface area (Å²) in [6.07, 6.45) is 0.897. The van der Waals surface area contributed by atoms with Gasteiger partial charge in [-0.15, -0.1) is 11.3 Å². The molecule has 0 bridgehead atoms. The molecule has 0 radical (unpaired) electrons. The van der Waals surface area contributed by atoms with E-state index in [1.807, 2.05) is 36.6 Å². The number of benzene rings is 1.